The molecule has 5 aliphatic heterocycles. The van der Waals surface area contributed by atoms with E-state index in [1.54, 1.807) is 0 Å². The summed E-state index contributed by atoms with van der Waals surface area (Å²) in [4.78, 5) is 12.0. The second-order valence-corrected chi connectivity index (χ2v) is 12.9. The van der Waals surface area contributed by atoms with Crippen LogP contribution in [0.1, 0.15) is 98.3 Å². The highest BCUT2D eigenvalue weighted by Gasteiger charge is 2.59. The highest BCUT2D eigenvalue weighted by atomic mass is 16.7. The SMILES string of the molecule is C=CC(=O)NCC1OC2OC(CC)(CC)C3C(CO)OC(C(O)C3O)C(CC)(CC)CCCCCCCCOC1C(O)C2O. The van der Waals surface area contributed by atoms with Crippen LogP contribution in [0.25, 0.3) is 0 Å². The molecule has 10 unspecified atom stereocenters. The Balaban J connectivity index is 2.02. The minimum atomic E-state index is -1.51. The van der Waals surface area contributed by atoms with Gasteiger partial charge in [0.2, 0.25) is 5.91 Å². The molecule has 0 saturated carbocycles. The fourth-order valence-corrected chi connectivity index (χ4v) is 7.78. The zero-order valence-corrected chi connectivity index (χ0v) is 27.2. The predicted octanol–water partition coefficient (Wildman–Crippen LogP) is 2.34. The molecule has 256 valence electrons. The molecule has 4 bridgehead atoms. The van der Waals surface area contributed by atoms with Gasteiger partial charge in [-0.1, -0.05) is 66.4 Å². The molecule has 10 atom stereocenters. The normalized spacial score (nSPS) is 38.6. The Labute approximate surface area is 263 Å². The Bertz CT molecular complexity index is 879. The summed E-state index contributed by atoms with van der Waals surface area (Å²) >= 11 is 0. The van der Waals surface area contributed by atoms with Gasteiger partial charge < -0.3 is 49.8 Å². The lowest BCUT2D eigenvalue weighted by Gasteiger charge is -2.56. The van der Waals surface area contributed by atoms with Crippen molar-refractivity contribution in [1.82, 2.24) is 5.32 Å². The van der Waals surface area contributed by atoms with Crippen molar-refractivity contribution in [1.29, 1.82) is 0 Å². The minimum Gasteiger partial charge on any atom is -0.394 e. The lowest BCUT2D eigenvalue weighted by Crippen LogP contribution is -2.68. The van der Waals surface area contributed by atoms with Gasteiger partial charge in [-0.15, -0.1) is 0 Å². The van der Waals surface area contributed by atoms with Crippen molar-refractivity contribution in [3.63, 3.8) is 0 Å². The number of ether oxygens (including phenoxy) is 4. The zero-order valence-electron chi connectivity index (χ0n) is 27.2. The van der Waals surface area contributed by atoms with E-state index in [2.05, 4.69) is 25.7 Å². The summed E-state index contributed by atoms with van der Waals surface area (Å²) in [7, 11) is 0. The lowest BCUT2D eigenvalue weighted by atomic mass is 9.65. The quantitative estimate of drug-likeness (QED) is 0.219. The van der Waals surface area contributed by atoms with Gasteiger partial charge in [-0.2, -0.15) is 0 Å². The van der Waals surface area contributed by atoms with Crippen LogP contribution in [0.2, 0.25) is 0 Å². The first kappa shape index (κ1) is 37.3. The van der Waals surface area contributed by atoms with E-state index in [0.29, 0.717) is 19.4 Å². The first-order chi connectivity index (χ1) is 21.1. The summed E-state index contributed by atoms with van der Waals surface area (Å²) in [5.41, 5.74) is -1.59. The van der Waals surface area contributed by atoms with Crippen molar-refractivity contribution in [2.24, 2.45) is 11.3 Å². The molecular weight excluding hydrogens is 570 g/mol. The molecule has 44 heavy (non-hydrogen) atoms. The highest BCUT2D eigenvalue weighted by Crippen LogP contribution is 2.48. The lowest BCUT2D eigenvalue weighted by molar-refractivity contribution is -0.353. The van der Waals surface area contributed by atoms with Gasteiger partial charge in [-0.05, 0) is 50.0 Å². The van der Waals surface area contributed by atoms with Crippen molar-refractivity contribution in [2.45, 2.75) is 159 Å². The molecule has 0 aromatic rings. The van der Waals surface area contributed by atoms with Gasteiger partial charge in [-0.25, -0.2) is 0 Å². The maximum atomic E-state index is 12.0. The molecule has 5 rings (SSSR count). The van der Waals surface area contributed by atoms with E-state index in [1.807, 2.05) is 13.8 Å². The van der Waals surface area contributed by atoms with Crippen molar-refractivity contribution in [3.8, 4) is 0 Å². The van der Waals surface area contributed by atoms with E-state index in [1.165, 1.54) is 0 Å². The van der Waals surface area contributed by atoms with E-state index >= 15 is 0 Å². The topological polar surface area (TPSA) is 167 Å². The molecule has 0 aliphatic carbocycles. The maximum absolute atomic E-state index is 12.0. The summed E-state index contributed by atoms with van der Waals surface area (Å²) < 4.78 is 25.4. The fraction of sp³-hybridized carbons (Fsp3) is 0.909. The number of aliphatic hydroxyl groups is 5. The number of rotatable bonds is 8. The largest absolute Gasteiger partial charge is 0.394 e. The molecule has 5 aliphatic rings. The van der Waals surface area contributed by atoms with Crippen molar-refractivity contribution >= 4 is 5.91 Å². The van der Waals surface area contributed by atoms with Crippen LogP contribution in [-0.2, 0) is 23.7 Å². The fourth-order valence-electron chi connectivity index (χ4n) is 7.78. The average Bonchev–Trinajstić information content (AvgIpc) is 3.04. The second kappa shape index (κ2) is 17.1. The number of nitrogens with one attached hydrogen (secondary N) is 1. The van der Waals surface area contributed by atoms with Crippen LogP contribution in [-0.4, -0.2) is 112 Å². The van der Waals surface area contributed by atoms with Crippen LogP contribution >= 0.6 is 0 Å². The van der Waals surface area contributed by atoms with Gasteiger partial charge in [0.25, 0.3) is 0 Å². The van der Waals surface area contributed by atoms with Crippen LogP contribution < -0.4 is 5.32 Å². The maximum Gasteiger partial charge on any atom is 0.243 e. The summed E-state index contributed by atoms with van der Waals surface area (Å²) in [6, 6.07) is 0. The van der Waals surface area contributed by atoms with Gasteiger partial charge in [0, 0.05) is 19.1 Å². The van der Waals surface area contributed by atoms with Crippen LogP contribution in [0.4, 0.5) is 0 Å². The smallest absolute Gasteiger partial charge is 0.243 e. The van der Waals surface area contributed by atoms with Crippen LogP contribution in [0, 0.1) is 11.3 Å². The Morgan fingerprint density at radius 2 is 1.48 bits per heavy atom. The Morgan fingerprint density at radius 1 is 0.841 bits per heavy atom. The third-order valence-electron chi connectivity index (χ3n) is 10.8. The van der Waals surface area contributed by atoms with Gasteiger partial charge in [-0.3, -0.25) is 4.79 Å². The number of amides is 1. The Hall–Kier alpha value is -1.15. The third kappa shape index (κ3) is 8.04. The Morgan fingerprint density at radius 3 is 2.07 bits per heavy atom. The molecule has 0 radical (unpaired) electrons. The molecule has 0 aromatic carbocycles. The summed E-state index contributed by atoms with van der Waals surface area (Å²) in [6.07, 6.45) is -0.166. The average molecular weight is 630 g/mol. The molecule has 11 nitrogen and oxygen atoms in total. The van der Waals surface area contributed by atoms with Gasteiger partial charge >= 0.3 is 0 Å². The number of hydrogen-bond acceptors (Lipinski definition) is 10. The number of carbonyl (C=O) groups excluding carboxylic acids is 1. The third-order valence-corrected chi connectivity index (χ3v) is 10.8. The summed E-state index contributed by atoms with van der Waals surface area (Å²) in [6.45, 7) is 11.3. The first-order valence-electron chi connectivity index (χ1n) is 16.9. The van der Waals surface area contributed by atoms with Crippen LogP contribution in [0.5, 0.6) is 0 Å². The van der Waals surface area contributed by atoms with Gasteiger partial charge in [0.15, 0.2) is 6.29 Å². The van der Waals surface area contributed by atoms with E-state index in [0.717, 1.165) is 63.9 Å². The van der Waals surface area contributed by atoms with E-state index in [4.69, 9.17) is 18.9 Å². The van der Waals surface area contributed by atoms with Crippen molar-refractivity contribution < 1.29 is 49.3 Å². The molecule has 0 spiro atoms. The number of aliphatic hydroxyl groups excluding tert-OH is 5. The van der Waals surface area contributed by atoms with Gasteiger partial charge in [0.1, 0.15) is 30.5 Å². The summed E-state index contributed by atoms with van der Waals surface area (Å²) in [5.74, 6) is -1.29. The molecule has 5 fully saturated rings. The molecule has 5 saturated heterocycles. The molecule has 0 aromatic heterocycles. The summed E-state index contributed by atoms with van der Waals surface area (Å²) in [5, 5.41) is 59.3. The monoisotopic (exact) mass is 629 g/mol. The zero-order chi connectivity index (χ0) is 32.5. The van der Waals surface area contributed by atoms with Crippen LogP contribution in [0.3, 0.4) is 0 Å². The van der Waals surface area contributed by atoms with E-state index < -0.39 is 79.2 Å². The molecule has 11 heteroatoms. The number of carbonyl (C=O) groups is 1. The van der Waals surface area contributed by atoms with Crippen molar-refractivity contribution in [3.05, 3.63) is 12.7 Å². The van der Waals surface area contributed by atoms with Crippen molar-refractivity contribution in [2.75, 3.05) is 19.8 Å². The molecular formula is C33H59NO10. The van der Waals surface area contributed by atoms with Gasteiger partial charge in [0.05, 0.1) is 30.5 Å². The molecule has 6 N–H and O–H groups in total. The minimum absolute atomic E-state index is 0.0185. The predicted molar refractivity (Wildman–Crippen MR) is 165 cm³/mol. The second-order valence-electron chi connectivity index (χ2n) is 12.9. The Kier molecular flexibility index (Phi) is 14.5. The standard InChI is InChI=1S/C33H59NO10/c1-6-23(36)34-19-21-29-26(38)28(40)31(43-21)44-33(9-4,10-5)24-22(20-35)42-30(27(39)25(24)37)32(7-2,8-3)17-15-13-11-12-14-16-18-41-29/h6,21-22,24-31,35,37-40H,1,7-20H2,2-5H3,(H,34,36). The molecule has 5 heterocycles. The van der Waals surface area contributed by atoms with E-state index in [9.17, 15) is 30.3 Å². The highest BCUT2D eigenvalue weighted by molar-refractivity contribution is 5.86. The number of hydrogen-bond donors (Lipinski definition) is 6. The van der Waals surface area contributed by atoms with Crippen LogP contribution in [0.15, 0.2) is 12.7 Å². The molecule has 1 amide bonds. The van der Waals surface area contributed by atoms with E-state index in [-0.39, 0.29) is 12.0 Å². The number of fused-ring (bicyclic) bond motifs is 2. The first-order valence-corrected chi connectivity index (χ1v) is 16.9.